The van der Waals surface area contributed by atoms with Crippen LogP contribution in [0.3, 0.4) is 0 Å². The fourth-order valence-corrected chi connectivity index (χ4v) is 1.71. The Morgan fingerprint density at radius 3 is 2.93 bits per heavy atom. The predicted molar refractivity (Wildman–Crippen MR) is 61.6 cm³/mol. The van der Waals surface area contributed by atoms with E-state index in [4.69, 9.17) is 15.2 Å². The molecular weight excluding hydrogens is 214 g/mol. The SMILES string of the molecule is CCCC(N)c1cccc2c1OCO2.Cl. The minimum atomic E-state index is 0. The van der Waals surface area contributed by atoms with E-state index in [2.05, 4.69) is 6.92 Å². The molecule has 0 aliphatic carbocycles. The maximum atomic E-state index is 6.04. The number of ether oxygens (including phenoxy) is 2. The van der Waals surface area contributed by atoms with Gasteiger partial charge in [-0.3, -0.25) is 0 Å². The number of halogens is 1. The molecule has 0 saturated heterocycles. The third-order valence-corrected chi connectivity index (χ3v) is 2.43. The molecule has 4 heteroatoms. The Morgan fingerprint density at radius 2 is 2.20 bits per heavy atom. The number of hydrogen-bond acceptors (Lipinski definition) is 3. The second kappa shape index (κ2) is 5.24. The highest BCUT2D eigenvalue weighted by molar-refractivity contribution is 5.85. The molecule has 0 radical (unpaired) electrons. The maximum absolute atomic E-state index is 6.04. The van der Waals surface area contributed by atoms with Gasteiger partial charge >= 0.3 is 0 Å². The molecule has 0 fully saturated rings. The molecule has 2 rings (SSSR count). The summed E-state index contributed by atoms with van der Waals surface area (Å²) >= 11 is 0. The van der Waals surface area contributed by atoms with Crippen LogP contribution in [0.5, 0.6) is 11.5 Å². The smallest absolute Gasteiger partial charge is 0.231 e. The van der Waals surface area contributed by atoms with Crippen LogP contribution in [0, 0.1) is 0 Å². The van der Waals surface area contributed by atoms with E-state index in [0.29, 0.717) is 6.79 Å². The van der Waals surface area contributed by atoms with E-state index in [1.807, 2.05) is 18.2 Å². The minimum absolute atomic E-state index is 0. The molecule has 0 spiro atoms. The van der Waals surface area contributed by atoms with E-state index < -0.39 is 0 Å². The van der Waals surface area contributed by atoms with Crippen molar-refractivity contribution in [3.63, 3.8) is 0 Å². The van der Waals surface area contributed by atoms with E-state index in [0.717, 1.165) is 29.9 Å². The van der Waals surface area contributed by atoms with Crippen molar-refractivity contribution in [3.05, 3.63) is 23.8 Å². The van der Waals surface area contributed by atoms with Crippen LogP contribution in [0.2, 0.25) is 0 Å². The van der Waals surface area contributed by atoms with Crippen LogP contribution in [0.15, 0.2) is 18.2 Å². The summed E-state index contributed by atoms with van der Waals surface area (Å²) in [4.78, 5) is 0. The summed E-state index contributed by atoms with van der Waals surface area (Å²) in [6.45, 7) is 2.44. The lowest BCUT2D eigenvalue weighted by Crippen LogP contribution is -2.10. The van der Waals surface area contributed by atoms with Crippen LogP contribution in [0.4, 0.5) is 0 Å². The van der Waals surface area contributed by atoms with Crippen molar-refractivity contribution in [2.24, 2.45) is 5.73 Å². The Labute approximate surface area is 96.0 Å². The molecule has 3 nitrogen and oxygen atoms in total. The summed E-state index contributed by atoms with van der Waals surface area (Å²) in [5, 5.41) is 0. The standard InChI is InChI=1S/C11H15NO2.ClH/c1-2-4-9(12)8-5-3-6-10-11(8)14-7-13-10;/h3,5-6,9H,2,4,7,12H2,1H3;1H. The van der Waals surface area contributed by atoms with Gasteiger partial charge in [0.2, 0.25) is 6.79 Å². The van der Waals surface area contributed by atoms with Crippen molar-refractivity contribution in [2.45, 2.75) is 25.8 Å². The lowest BCUT2D eigenvalue weighted by atomic mass is 10.0. The molecule has 2 N–H and O–H groups in total. The quantitative estimate of drug-likeness (QED) is 0.867. The van der Waals surface area contributed by atoms with Gasteiger partial charge in [0.1, 0.15) is 0 Å². The largest absolute Gasteiger partial charge is 0.454 e. The van der Waals surface area contributed by atoms with Gasteiger partial charge in [-0.05, 0) is 12.5 Å². The Morgan fingerprint density at radius 1 is 1.40 bits per heavy atom. The second-order valence-corrected chi connectivity index (χ2v) is 3.48. The molecule has 1 aromatic carbocycles. The second-order valence-electron chi connectivity index (χ2n) is 3.48. The molecule has 1 aromatic rings. The van der Waals surface area contributed by atoms with E-state index in [1.165, 1.54) is 0 Å². The number of nitrogens with two attached hydrogens (primary N) is 1. The Balaban J connectivity index is 0.00000112. The molecule has 1 aliphatic heterocycles. The number of fused-ring (bicyclic) bond motifs is 1. The highest BCUT2D eigenvalue weighted by atomic mass is 35.5. The molecule has 1 unspecified atom stereocenters. The third kappa shape index (κ3) is 2.36. The number of rotatable bonds is 3. The minimum Gasteiger partial charge on any atom is -0.454 e. The lowest BCUT2D eigenvalue weighted by molar-refractivity contribution is 0.173. The Hall–Kier alpha value is -0.930. The normalized spacial score (nSPS) is 14.5. The average Bonchev–Trinajstić information content (AvgIpc) is 2.65. The van der Waals surface area contributed by atoms with Gasteiger partial charge in [-0.15, -0.1) is 12.4 Å². The molecule has 0 amide bonds. The highest BCUT2D eigenvalue weighted by Gasteiger charge is 2.20. The molecule has 84 valence electrons. The van der Waals surface area contributed by atoms with E-state index >= 15 is 0 Å². The number of para-hydroxylation sites is 1. The van der Waals surface area contributed by atoms with Crippen LogP contribution in [-0.4, -0.2) is 6.79 Å². The zero-order valence-electron chi connectivity index (χ0n) is 8.73. The van der Waals surface area contributed by atoms with Gasteiger partial charge in [0, 0.05) is 11.6 Å². The number of benzene rings is 1. The molecule has 0 saturated carbocycles. The first-order valence-electron chi connectivity index (χ1n) is 4.97. The van der Waals surface area contributed by atoms with Gasteiger partial charge in [-0.2, -0.15) is 0 Å². The summed E-state index contributed by atoms with van der Waals surface area (Å²) in [5.41, 5.74) is 7.10. The van der Waals surface area contributed by atoms with Crippen molar-refractivity contribution in [3.8, 4) is 11.5 Å². The predicted octanol–water partition coefficient (Wildman–Crippen LogP) is 2.64. The Bertz CT molecular complexity index is 330. The summed E-state index contributed by atoms with van der Waals surface area (Å²) in [6, 6.07) is 5.92. The van der Waals surface area contributed by atoms with Gasteiger partial charge in [-0.25, -0.2) is 0 Å². The molecule has 1 aliphatic rings. The first kappa shape index (κ1) is 12.1. The van der Waals surface area contributed by atoms with Crippen molar-refractivity contribution in [1.82, 2.24) is 0 Å². The van der Waals surface area contributed by atoms with Crippen LogP contribution >= 0.6 is 12.4 Å². The van der Waals surface area contributed by atoms with Gasteiger partial charge in [0.15, 0.2) is 11.5 Å². The van der Waals surface area contributed by atoms with Gasteiger partial charge in [-0.1, -0.05) is 25.5 Å². The van der Waals surface area contributed by atoms with Crippen LogP contribution in [0.1, 0.15) is 31.4 Å². The lowest BCUT2D eigenvalue weighted by Gasteiger charge is -2.12. The first-order chi connectivity index (χ1) is 6.83. The zero-order chi connectivity index (χ0) is 9.97. The fraction of sp³-hybridized carbons (Fsp3) is 0.455. The van der Waals surface area contributed by atoms with Crippen LogP contribution in [-0.2, 0) is 0 Å². The molecule has 1 heterocycles. The molecular formula is C11H16ClNO2. The van der Waals surface area contributed by atoms with Gasteiger partial charge < -0.3 is 15.2 Å². The van der Waals surface area contributed by atoms with Crippen molar-refractivity contribution >= 4 is 12.4 Å². The van der Waals surface area contributed by atoms with Gasteiger partial charge in [0.25, 0.3) is 0 Å². The summed E-state index contributed by atoms with van der Waals surface area (Å²) in [6.07, 6.45) is 2.05. The summed E-state index contributed by atoms with van der Waals surface area (Å²) in [7, 11) is 0. The van der Waals surface area contributed by atoms with E-state index in [9.17, 15) is 0 Å². The number of hydrogen-bond donors (Lipinski definition) is 1. The van der Waals surface area contributed by atoms with Crippen molar-refractivity contribution < 1.29 is 9.47 Å². The van der Waals surface area contributed by atoms with Crippen LogP contribution in [0.25, 0.3) is 0 Å². The van der Waals surface area contributed by atoms with Gasteiger partial charge in [0.05, 0.1) is 0 Å². The third-order valence-electron chi connectivity index (χ3n) is 2.43. The topological polar surface area (TPSA) is 44.5 Å². The van der Waals surface area contributed by atoms with Crippen molar-refractivity contribution in [1.29, 1.82) is 0 Å². The highest BCUT2D eigenvalue weighted by Crippen LogP contribution is 2.38. The Kier molecular flexibility index (Phi) is 4.24. The monoisotopic (exact) mass is 229 g/mol. The zero-order valence-corrected chi connectivity index (χ0v) is 9.55. The fourth-order valence-electron chi connectivity index (χ4n) is 1.71. The molecule has 15 heavy (non-hydrogen) atoms. The molecule has 1 atom stereocenters. The molecule has 0 aromatic heterocycles. The maximum Gasteiger partial charge on any atom is 0.231 e. The van der Waals surface area contributed by atoms with E-state index in [-0.39, 0.29) is 18.4 Å². The van der Waals surface area contributed by atoms with Crippen LogP contribution < -0.4 is 15.2 Å². The molecule has 0 bridgehead atoms. The van der Waals surface area contributed by atoms with Crippen molar-refractivity contribution in [2.75, 3.05) is 6.79 Å². The first-order valence-corrected chi connectivity index (χ1v) is 4.97. The summed E-state index contributed by atoms with van der Waals surface area (Å²) in [5.74, 6) is 1.64. The van der Waals surface area contributed by atoms with E-state index in [1.54, 1.807) is 0 Å². The summed E-state index contributed by atoms with van der Waals surface area (Å²) < 4.78 is 10.7. The average molecular weight is 230 g/mol.